The van der Waals surface area contributed by atoms with Crippen molar-refractivity contribution in [3.05, 3.63) is 23.7 Å². The Morgan fingerprint density at radius 3 is 3.00 bits per heavy atom. The molecule has 0 aliphatic carbocycles. The van der Waals surface area contributed by atoms with Gasteiger partial charge in [-0.25, -0.2) is 0 Å². The van der Waals surface area contributed by atoms with Gasteiger partial charge in [0.25, 0.3) is 0 Å². The molecule has 0 aromatic carbocycles. The highest BCUT2D eigenvalue weighted by molar-refractivity contribution is 5.12. The fourth-order valence-electron chi connectivity index (χ4n) is 2.82. The lowest BCUT2D eigenvalue weighted by atomic mass is 9.90. The van der Waals surface area contributed by atoms with Gasteiger partial charge in [0.1, 0.15) is 18.1 Å². The van der Waals surface area contributed by atoms with Crippen molar-refractivity contribution in [2.45, 2.75) is 38.5 Å². The molecule has 3 atom stereocenters. The third-order valence-electron chi connectivity index (χ3n) is 3.68. The van der Waals surface area contributed by atoms with E-state index in [9.17, 15) is 0 Å². The van der Waals surface area contributed by atoms with Crippen LogP contribution in [0, 0.1) is 5.92 Å². The van der Waals surface area contributed by atoms with E-state index < -0.39 is 0 Å². The molecule has 2 heterocycles. The zero-order valence-electron chi connectivity index (χ0n) is 11.4. The summed E-state index contributed by atoms with van der Waals surface area (Å²) in [6, 6.07) is 4.25. The van der Waals surface area contributed by atoms with Crippen molar-refractivity contribution in [2.75, 3.05) is 20.8 Å². The molecule has 4 nitrogen and oxygen atoms in total. The number of methoxy groups -OCH3 is 1. The minimum absolute atomic E-state index is 0.225. The molecule has 18 heavy (non-hydrogen) atoms. The Morgan fingerprint density at radius 2 is 2.33 bits per heavy atom. The van der Waals surface area contributed by atoms with Gasteiger partial charge in [-0.05, 0) is 32.0 Å². The molecule has 1 aliphatic rings. The first-order chi connectivity index (χ1) is 8.80. The van der Waals surface area contributed by atoms with Crippen LogP contribution < -0.4 is 5.32 Å². The average Bonchev–Trinajstić information content (AvgIpc) is 3.00. The molecule has 4 heteroatoms. The van der Waals surface area contributed by atoms with Gasteiger partial charge in [0.2, 0.25) is 0 Å². The van der Waals surface area contributed by atoms with Crippen LogP contribution in [0.5, 0.6) is 0 Å². The van der Waals surface area contributed by atoms with Crippen LogP contribution in [0.2, 0.25) is 0 Å². The molecule has 1 aromatic heterocycles. The SMILES string of the molecule is CCC1OCCC1C(NC)c1ccc(COC)o1. The molecular weight excluding hydrogens is 230 g/mol. The number of hydrogen-bond donors (Lipinski definition) is 1. The highest BCUT2D eigenvalue weighted by atomic mass is 16.5. The van der Waals surface area contributed by atoms with E-state index in [0.29, 0.717) is 18.6 Å². The fraction of sp³-hybridized carbons (Fsp3) is 0.714. The van der Waals surface area contributed by atoms with Gasteiger partial charge in [0, 0.05) is 19.6 Å². The zero-order valence-corrected chi connectivity index (χ0v) is 11.4. The summed E-state index contributed by atoms with van der Waals surface area (Å²) in [5, 5.41) is 3.37. The Kier molecular flexibility index (Phi) is 4.80. The lowest BCUT2D eigenvalue weighted by Crippen LogP contribution is -2.30. The molecular formula is C14H23NO3. The summed E-state index contributed by atoms with van der Waals surface area (Å²) in [6.45, 7) is 3.55. The van der Waals surface area contributed by atoms with Crippen LogP contribution >= 0.6 is 0 Å². The third-order valence-corrected chi connectivity index (χ3v) is 3.68. The maximum atomic E-state index is 5.84. The van der Waals surface area contributed by atoms with Gasteiger partial charge in [-0.3, -0.25) is 0 Å². The number of nitrogens with one attached hydrogen (secondary N) is 1. The molecule has 3 unspecified atom stereocenters. The van der Waals surface area contributed by atoms with E-state index in [4.69, 9.17) is 13.9 Å². The van der Waals surface area contributed by atoms with Crippen molar-refractivity contribution in [1.82, 2.24) is 5.32 Å². The fourth-order valence-corrected chi connectivity index (χ4v) is 2.82. The number of ether oxygens (including phenoxy) is 2. The van der Waals surface area contributed by atoms with Gasteiger partial charge in [-0.1, -0.05) is 6.92 Å². The number of hydrogen-bond acceptors (Lipinski definition) is 4. The summed E-state index contributed by atoms with van der Waals surface area (Å²) >= 11 is 0. The van der Waals surface area contributed by atoms with Crippen LogP contribution in [-0.2, 0) is 16.1 Å². The van der Waals surface area contributed by atoms with E-state index in [1.165, 1.54) is 0 Å². The van der Waals surface area contributed by atoms with Crippen molar-refractivity contribution in [1.29, 1.82) is 0 Å². The Hall–Kier alpha value is -0.840. The first-order valence-electron chi connectivity index (χ1n) is 6.66. The third kappa shape index (κ3) is 2.76. The lowest BCUT2D eigenvalue weighted by molar-refractivity contribution is 0.0750. The quantitative estimate of drug-likeness (QED) is 0.846. The van der Waals surface area contributed by atoms with Crippen LogP contribution in [-0.4, -0.2) is 26.9 Å². The molecule has 1 saturated heterocycles. The van der Waals surface area contributed by atoms with E-state index >= 15 is 0 Å². The summed E-state index contributed by atoms with van der Waals surface area (Å²) < 4.78 is 16.7. The number of rotatable bonds is 6. The molecule has 0 amide bonds. The molecule has 0 bridgehead atoms. The molecule has 2 rings (SSSR count). The van der Waals surface area contributed by atoms with Crippen LogP contribution in [0.1, 0.15) is 37.3 Å². The predicted octanol–water partition coefficient (Wildman–Crippen LogP) is 2.50. The minimum Gasteiger partial charge on any atom is -0.462 e. The second kappa shape index (κ2) is 6.36. The zero-order chi connectivity index (χ0) is 13.0. The average molecular weight is 253 g/mol. The second-order valence-corrected chi connectivity index (χ2v) is 4.77. The molecule has 0 saturated carbocycles. The van der Waals surface area contributed by atoms with Gasteiger partial charge in [0.05, 0.1) is 12.1 Å². The molecule has 102 valence electrons. The summed E-state index contributed by atoms with van der Waals surface area (Å²) in [7, 11) is 3.66. The van der Waals surface area contributed by atoms with Crippen LogP contribution in [0.3, 0.4) is 0 Å². The first kappa shape index (κ1) is 13.6. The van der Waals surface area contributed by atoms with Gasteiger partial charge in [-0.2, -0.15) is 0 Å². The largest absolute Gasteiger partial charge is 0.462 e. The van der Waals surface area contributed by atoms with E-state index in [1.54, 1.807) is 7.11 Å². The van der Waals surface area contributed by atoms with E-state index in [2.05, 4.69) is 12.2 Å². The Morgan fingerprint density at radius 1 is 1.50 bits per heavy atom. The molecule has 0 spiro atoms. The van der Waals surface area contributed by atoms with Crippen molar-refractivity contribution in [3.63, 3.8) is 0 Å². The monoisotopic (exact) mass is 253 g/mol. The van der Waals surface area contributed by atoms with E-state index in [0.717, 1.165) is 31.0 Å². The predicted molar refractivity (Wildman–Crippen MR) is 69.4 cm³/mol. The molecule has 1 aliphatic heterocycles. The van der Waals surface area contributed by atoms with E-state index in [1.807, 2.05) is 19.2 Å². The van der Waals surface area contributed by atoms with Crippen molar-refractivity contribution < 1.29 is 13.9 Å². The van der Waals surface area contributed by atoms with Crippen molar-refractivity contribution in [2.24, 2.45) is 5.92 Å². The molecule has 1 aromatic rings. The standard InChI is InChI=1S/C14H23NO3/c1-4-12-11(7-8-17-12)14(15-2)13-6-5-10(18-13)9-16-3/h5-6,11-12,14-15H,4,7-9H2,1-3H3. The summed E-state index contributed by atoms with van der Waals surface area (Å²) in [5.41, 5.74) is 0. The van der Waals surface area contributed by atoms with Crippen molar-refractivity contribution in [3.8, 4) is 0 Å². The molecule has 0 radical (unpaired) electrons. The van der Waals surface area contributed by atoms with Gasteiger partial charge >= 0.3 is 0 Å². The molecule has 1 fully saturated rings. The Bertz CT molecular complexity index is 364. The van der Waals surface area contributed by atoms with Crippen LogP contribution in [0.25, 0.3) is 0 Å². The number of furan rings is 1. The maximum absolute atomic E-state index is 5.84. The molecule has 1 N–H and O–H groups in total. The highest BCUT2D eigenvalue weighted by Crippen LogP contribution is 2.35. The Balaban J connectivity index is 2.11. The normalized spacial score (nSPS) is 25.5. The smallest absolute Gasteiger partial charge is 0.129 e. The minimum atomic E-state index is 0.225. The highest BCUT2D eigenvalue weighted by Gasteiger charge is 2.35. The summed E-state index contributed by atoms with van der Waals surface area (Å²) in [6.07, 6.45) is 2.47. The lowest BCUT2D eigenvalue weighted by Gasteiger charge is -2.25. The van der Waals surface area contributed by atoms with Crippen LogP contribution in [0.15, 0.2) is 16.5 Å². The topological polar surface area (TPSA) is 43.6 Å². The van der Waals surface area contributed by atoms with Gasteiger partial charge in [0.15, 0.2) is 0 Å². The van der Waals surface area contributed by atoms with Gasteiger partial charge in [-0.15, -0.1) is 0 Å². The maximum Gasteiger partial charge on any atom is 0.129 e. The first-order valence-corrected chi connectivity index (χ1v) is 6.66. The van der Waals surface area contributed by atoms with E-state index in [-0.39, 0.29) is 6.04 Å². The van der Waals surface area contributed by atoms with Gasteiger partial charge < -0.3 is 19.2 Å². The summed E-state index contributed by atoms with van der Waals surface area (Å²) in [5.74, 6) is 2.35. The Labute approximate surface area is 109 Å². The van der Waals surface area contributed by atoms with Crippen molar-refractivity contribution >= 4 is 0 Å². The summed E-state index contributed by atoms with van der Waals surface area (Å²) in [4.78, 5) is 0. The van der Waals surface area contributed by atoms with Crippen LogP contribution in [0.4, 0.5) is 0 Å². The second-order valence-electron chi connectivity index (χ2n) is 4.77.